The molecule has 0 saturated heterocycles. The first kappa shape index (κ1) is 10.5. The standard InChI is InChI=1S/C10H12ClN3S/c1-7-5-10(13-14(7)2)12-6-8-3-4-9(11)15-8/h3-5H,6H2,1-2H3,(H,12,13). The monoisotopic (exact) mass is 241 g/mol. The summed E-state index contributed by atoms with van der Waals surface area (Å²) in [6.45, 7) is 2.80. The lowest BCUT2D eigenvalue weighted by Gasteiger charge is -1.98. The van der Waals surface area contributed by atoms with E-state index in [0.717, 1.165) is 22.4 Å². The van der Waals surface area contributed by atoms with Gasteiger partial charge in [-0.05, 0) is 19.1 Å². The van der Waals surface area contributed by atoms with E-state index in [-0.39, 0.29) is 0 Å². The van der Waals surface area contributed by atoms with Gasteiger partial charge in [0.15, 0.2) is 0 Å². The molecule has 0 amide bonds. The van der Waals surface area contributed by atoms with Crippen molar-refractivity contribution in [3.8, 4) is 0 Å². The molecule has 2 aromatic rings. The van der Waals surface area contributed by atoms with Gasteiger partial charge in [0.25, 0.3) is 0 Å². The molecule has 2 aromatic heterocycles. The second kappa shape index (κ2) is 4.24. The quantitative estimate of drug-likeness (QED) is 0.895. The van der Waals surface area contributed by atoms with Gasteiger partial charge in [0.05, 0.1) is 10.9 Å². The van der Waals surface area contributed by atoms with Crippen molar-refractivity contribution in [2.24, 2.45) is 7.05 Å². The van der Waals surface area contributed by atoms with E-state index < -0.39 is 0 Å². The number of rotatable bonds is 3. The summed E-state index contributed by atoms with van der Waals surface area (Å²) in [6, 6.07) is 5.96. The number of nitrogens with zero attached hydrogens (tertiary/aromatic N) is 2. The fourth-order valence-electron chi connectivity index (χ4n) is 1.27. The Kier molecular flexibility index (Phi) is 2.98. The highest BCUT2D eigenvalue weighted by Crippen LogP contribution is 2.22. The molecule has 0 fully saturated rings. The topological polar surface area (TPSA) is 29.9 Å². The molecule has 0 unspecified atom stereocenters. The van der Waals surface area contributed by atoms with Crippen LogP contribution in [0.15, 0.2) is 18.2 Å². The summed E-state index contributed by atoms with van der Waals surface area (Å²) in [4.78, 5) is 1.21. The maximum atomic E-state index is 5.84. The molecule has 3 nitrogen and oxygen atoms in total. The molecule has 0 radical (unpaired) electrons. The Bertz CT molecular complexity index is 441. The van der Waals surface area contributed by atoms with Crippen molar-refractivity contribution in [2.45, 2.75) is 13.5 Å². The van der Waals surface area contributed by atoms with Gasteiger partial charge in [-0.1, -0.05) is 11.6 Å². The summed E-state index contributed by atoms with van der Waals surface area (Å²) in [7, 11) is 1.93. The number of hydrogen-bond acceptors (Lipinski definition) is 3. The third kappa shape index (κ3) is 2.52. The molecule has 0 aliphatic carbocycles. The Morgan fingerprint density at radius 3 is 2.87 bits per heavy atom. The van der Waals surface area contributed by atoms with Gasteiger partial charge in [-0.25, -0.2) is 0 Å². The number of hydrogen-bond donors (Lipinski definition) is 1. The summed E-state index contributed by atoms with van der Waals surface area (Å²) < 4.78 is 2.67. The molecule has 0 atom stereocenters. The van der Waals surface area contributed by atoms with Crippen LogP contribution in [-0.4, -0.2) is 9.78 Å². The largest absolute Gasteiger partial charge is 0.364 e. The van der Waals surface area contributed by atoms with E-state index in [1.54, 1.807) is 11.3 Å². The van der Waals surface area contributed by atoms with Crippen molar-refractivity contribution < 1.29 is 0 Å². The lowest BCUT2D eigenvalue weighted by atomic mass is 10.4. The van der Waals surface area contributed by atoms with Crippen molar-refractivity contribution in [3.63, 3.8) is 0 Å². The number of aromatic nitrogens is 2. The molecular weight excluding hydrogens is 230 g/mol. The van der Waals surface area contributed by atoms with E-state index in [1.807, 2.05) is 36.9 Å². The third-order valence-electron chi connectivity index (χ3n) is 2.19. The van der Waals surface area contributed by atoms with Crippen LogP contribution in [0.2, 0.25) is 4.34 Å². The van der Waals surface area contributed by atoms with Gasteiger partial charge in [0, 0.05) is 23.7 Å². The predicted octanol–water partition coefficient (Wildman–Crippen LogP) is 3.06. The first-order chi connectivity index (χ1) is 7.15. The highest BCUT2D eigenvalue weighted by molar-refractivity contribution is 7.16. The fourth-order valence-corrected chi connectivity index (χ4v) is 2.30. The molecule has 2 heterocycles. The summed E-state index contributed by atoms with van der Waals surface area (Å²) in [6.07, 6.45) is 0. The summed E-state index contributed by atoms with van der Waals surface area (Å²) in [5.41, 5.74) is 1.14. The lowest BCUT2D eigenvalue weighted by molar-refractivity contribution is 0.741. The van der Waals surface area contributed by atoms with Crippen LogP contribution in [0.1, 0.15) is 10.6 Å². The van der Waals surface area contributed by atoms with Gasteiger partial charge in [-0.15, -0.1) is 11.3 Å². The van der Waals surface area contributed by atoms with Crippen LogP contribution in [0, 0.1) is 6.92 Å². The van der Waals surface area contributed by atoms with E-state index in [4.69, 9.17) is 11.6 Å². The van der Waals surface area contributed by atoms with Gasteiger partial charge >= 0.3 is 0 Å². The summed E-state index contributed by atoms with van der Waals surface area (Å²) >= 11 is 7.43. The fraction of sp³-hybridized carbons (Fsp3) is 0.300. The number of halogens is 1. The van der Waals surface area contributed by atoms with E-state index >= 15 is 0 Å². The summed E-state index contributed by atoms with van der Waals surface area (Å²) in [5.74, 6) is 0.902. The predicted molar refractivity (Wildman–Crippen MR) is 64.6 cm³/mol. The number of anilines is 1. The minimum Gasteiger partial charge on any atom is -0.364 e. The Balaban J connectivity index is 1.99. The molecule has 0 saturated carbocycles. The number of nitrogens with one attached hydrogen (secondary N) is 1. The van der Waals surface area contributed by atoms with Crippen molar-refractivity contribution >= 4 is 28.8 Å². The van der Waals surface area contributed by atoms with E-state index in [9.17, 15) is 0 Å². The minimum atomic E-state index is 0.772. The normalized spacial score (nSPS) is 10.6. The number of aryl methyl sites for hydroxylation is 2. The van der Waals surface area contributed by atoms with Crippen molar-refractivity contribution in [1.82, 2.24) is 9.78 Å². The van der Waals surface area contributed by atoms with Crippen LogP contribution in [0.25, 0.3) is 0 Å². The third-order valence-corrected chi connectivity index (χ3v) is 3.42. The second-order valence-corrected chi connectivity index (χ2v) is 5.15. The van der Waals surface area contributed by atoms with Gasteiger partial charge in [-0.3, -0.25) is 4.68 Å². The van der Waals surface area contributed by atoms with Crippen LogP contribution in [0.4, 0.5) is 5.82 Å². The lowest BCUT2D eigenvalue weighted by Crippen LogP contribution is -1.99. The molecule has 2 rings (SSSR count). The molecule has 0 aliphatic heterocycles. The van der Waals surface area contributed by atoms with Gasteiger partial charge in [-0.2, -0.15) is 5.10 Å². The average molecular weight is 242 g/mol. The van der Waals surface area contributed by atoms with Crippen LogP contribution < -0.4 is 5.32 Å². The van der Waals surface area contributed by atoms with E-state index in [0.29, 0.717) is 0 Å². The Labute approximate surface area is 97.7 Å². The molecular formula is C10H12ClN3S. The van der Waals surface area contributed by atoms with Crippen LogP contribution in [-0.2, 0) is 13.6 Å². The zero-order valence-corrected chi connectivity index (χ0v) is 10.2. The maximum absolute atomic E-state index is 5.84. The Hall–Kier alpha value is -1.00. The maximum Gasteiger partial charge on any atom is 0.148 e. The molecule has 1 N–H and O–H groups in total. The summed E-state index contributed by atoms with van der Waals surface area (Å²) in [5, 5.41) is 7.57. The zero-order valence-electron chi connectivity index (χ0n) is 8.62. The van der Waals surface area contributed by atoms with Crippen LogP contribution in [0.3, 0.4) is 0 Å². The van der Waals surface area contributed by atoms with Crippen LogP contribution in [0.5, 0.6) is 0 Å². The van der Waals surface area contributed by atoms with Gasteiger partial charge in [0.2, 0.25) is 0 Å². The SMILES string of the molecule is Cc1cc(NCc2ccc(Cl)s2)nn1C. The van der Waals surface area contributed by atoms with Gasteiger partial charge in [0.1, 0.15) is 5.82 Å². The molecule has 5 heteroatoms. The zero-order chi connectivity index (χ0) is 10.8. The van der Waals surface area contributed by atoms with Crippen molar-refractivity contribution in [3.05, 3.63) is 33.1 Å². The Morgan fingerprint density at radius 2 is 2.33 bits per heavy atom. The van der Waals surface area contributed by atoms with Crippen molar-refractivity contribution in [2.75, 3.05) is 5.32 Å². The highest BCUT2D eigenvalue weighted by atomic mass is 35.5. The number of thiophene rings is 1. The molecule has 80 valence electrons. The van der Waals surface area contributed by atoms with E-state index in [1.165, 1.54) is 4.88 Å². The van der Waals surface area contributed by atoms with Crippen molar-refractivity contribution in [1.29, 1.82) is 0 Å². The first-order valence-corrected chi connectivity index (χ1v) is 5.83. The average Bonchev–Trinajstić information content (AvgIpc) is 2.72. The molecule has 0 aromatic carbocycles. The van der Waals surface area contributed by atoms with E-state index in [2.05, 4.69) is 10.4 Å². The Morgan fingerprint density at radius 1 is 1.53 bits per heavy atom. The minimum absolute atomic E-state index is 0.772. The van der Waals surface area contributed by atoms with Crippen LogP contribution >= 0.6 is 22.9 Å². The van der Waals surface area contributed by atoms with Gasteiger partial charge < -0.3 is 5.32 Å². The molecule has 0 spiro atoms. The smallest absolute Gasteiger partial charge is 0.148 e. The molecule has 0 aliphatic rings. The first-order valence-electron chi connectivity index (χ1n) is 4.64. The second-order valence-electron chi connectivity index (χ2n) is 3.35. The highest BCUT2D eigenvalue weighted by Gasteiger charge is 2.01. The molecule has 15 heavy (non-hydrogen) atoms. The molecule has 0 bridgehead atoms.